The summed E-state index contributed by atoms with van der Waals surface area (Å²) in [6, 6.07) is 13.4. The molecule has 1 aliphatic rings. The Morgan fingerprint density at radius 1 is 1.19 bits per heavy atom. The van der Waals surface area contributed by atoms with Crippen LogP contribution in [0.5, 0.6) is 0 Å². The number of hydrogen-bond acceptors (Lipinski definition) is 4. The van der Waals surface area contributed by atoms with Crippen LogP contribution in [0.2, 0.25) is 5.02 Å². The van der Waals surface area contributed by atoms with E-state index in [2.05, 4.69) is 5.32 Å². The molecule has 2 amide bonds. The number of halogens is 1. The van der Waals surface area contributed by atoms with Crippen molar-refractivity contribution < 1.29 is 18.0 Å². The van der Waals surface area contributed by atoms with Crippen molar-refractivity contribution in [1.29, 1.82) is 0 Å². The number of hydrogen-bond donors (Lipinski definition) is 1. The SMILES string of the molecule is CC(NC(=O)c1ccc(N2C(=O)CCS2(=O)=O)cc1Cl)c1ccccc1. The first kappa shape index (κ1) is 18.4. The highest BCUT2D eigenvalue weighted by molar-refractivity contribution is 7.94. The third-order valence-corrected chi connectivity index (χ3v) is 6.16. The maximum Gasteiger partial charge on any atom is 0.253 e. The molecular weight excluding hydrogens is 376 g/mol. The van der Waals surface area contributed by atoms with Crippen LogP contribution in [0.1, 0.15) is 35.3 Å². The molecule has 1 N–H and O–H groups in total. The Hall–Kier alpha value is -2.38. The van der Waals surface area contributed by atoms with E-state index in [-0.39, 0.29) is 40.4 Å². The second-order valence-corrected chi connectivity index (χ2v) is 8.34. The molecule has 1 unspecified atom stereocenters. The van der Waals surface area contributed by atoms with Crippen LogP contribution in [0.15, 0.2) is 48.5 Å². The molecule has 2 aromatic rings. The van der Waals surface area contributed by atoms with E-state index in [0.717, 1.165) is 9.87 Å². The van der Waals surface area contributed by atoms with Crippen molar-refractivity contribution in [3.63, 3.8) is 0 Å². The molecule has 3 rings (SSSR count). The number of benzene rings is 2. The fourth-order valence-corrected chi connectivity index (χ4v) is 4.49. The lowest BCUT2D eigenvalue weighted by Gasteiger charge is -2.17. The van der Waals surface area contributed by atoms with E-state index in [9.17, 15) is 18.0 Å². The Labute approximate surface area is 156 Å². The molecule has 0 saturated carbocycles. The van der Waals surface area contributed by atoms with Gasteiger partial charge in [-0.2, -0.15) is 0 Å². The molecule has 0 bridgehead atoms. The smallest absolute Gasteiger partial charge is 0.253 e. The van der Waals surface area contributed by atoms with E-state index in [0.29, 0.717) is 0 Å². The molecule has 0 aliphatic carbocycles. The zero-order valence-corrected chi connectivity index (χ0v) is 15.5. The number of nitrogens with zero attached hydrogens (tertiary/aromatic N) is 1. The first-order valence-corrected chi connectivity index (χ1v) is 9.99. The Kier molecular flexibility index (Phi) is 5.02. The molecule has 26 heavy (non-hydrogen) atoms. The fourth-order valence-electron chi connectivity index (χ4n) is 2.78. The molecule has 136 valence electrons. The summed E-state index contributed by atoms with van der Waals surface area (Å²) in [6.45, 7) is 1.85. The van der Waals surface area contributed by atoms with Gasteiger partial charge in [-0.1, -0.05) is 41.9 Å². The lowest BCUT2D eigenvalue weighted by atomic mass is 10.1. The molecule has 1 saturated heterocycles. The molecule has 8 heteroatoms. The molecule has 0 spiro atoms. The fraction of sp³-hybridized carbons (Fsp3) is 0.222. The summed E-state index contributed by atoms with van der Waals surface area (Å²) in [5.41, 5.74) is 1.30. The summed E-state index contributed by atoms with van der Waals surface area (Å²) in [5, 5.41) is 2.92. The Morgan fingerprint density at radius 3 is 2.46 bits per heavy atom. The largest absolute Gasteiger partial charge is 0.345 e. The molecule has 1 atom stereocenters. The van der Waals surface area contributed by atoms with Gasteiger partial charge >= 0.3 is 0 Å². The third kappa shape index (κ3) is 3.59. The van der Waals surface area contributed by atoms with Crippen molar-refractivity contribution in [2.75, 3.05) is 10.1 Å². The molecule has 2 aromatic carbocycles. The lowest BCUT2D eigenvalue weighted by Crippen LogP contribution is -2.30. The summed E-state index contributed by atoms with van der Waals surface area (Å²) >= 11 is 6.18. The van der Waals surface area contributed by atoms with Crippen LogP contribution in [-0.2, 0) is 14.8 Å². The van der Waals surface area contributed by atoms with Crippen molar-refractivity contribution in [3.8, 4) is 0 Å². The van der Waals surface area contributed by atoms with E-state index >= 15 is 0 Å². The van der Waals surface area contributed by atoms with Gasteiger partial charge < -0.3 is 5.32 Å². The number of anilines is 1. The zero-order chi connectivity index (χ0) is 18.9. The Bertz CT molecular complexity index is 960. The highest BCUT2D eigenvalue weighted by Gasteiger charge is 2.36. The van der Waals surface area contributed by atoms with Crippen LogP contribution in [0, 0.1) is 0 Å². The number of carbonyl (C=O) groups is 2. The van der Waals surface area contributed by atoms with Gasteiger partial charge in [0.1, 0.15) is 0 Å². The summed E-state index contributed by atoms with van der Waals surface area (Å²) in [6.07, 6.45) is -0.0587. The first-order valence-electron chi connectivity index (χ1n) is 8.01. The van der Waals surface area contributed by atoms with Crippen LogP contribution >= 0.6 is 11.6 Å². The van der Waals surface area contributed by atoms with E-state index in [1.54, 1.807) is 0 Å². The third-order valence-electron chi connectivity index (χ3n) is 4.16. The molecule has 0 radical (unpaired) electrons. The summed E-state index contributed by atoms with van der Waals surface area (Å²) in [5.74, 6) is -1.11. The predicted octanol–water partition coefficient (Wildman–Crippen LogP) is 2.90. The first-order chi connectivity index (χ1) is 12.3. The lowest BCUT2D eigenvalue weighted by molar-refractivity contribution is -0.116. The minimum Gasteiger partial charge on any atom is -0.345 e. The van der Waals surface area contributed by atoms with Gasteiger partial charge in [0, 0.05) is 6.42 Å². The van der Waals surface area contributed by atoms with Crippen molar-refractivity contribution in [2.45, 2.75) is 19.4 Å². The maximum absolute atomic E-state index is 12.5. The predicted molar refractivity (Wildman–Crippen MR) is 99.7 cm³/mol. The second kappa shape index (κ2) is 7.09. The van der Waals surface area contributed by atoms with Gasteiger partial charge in [-0.15, -0.1) is 0 Å². The topological polar surface area (TPSA) is 83.6 Å². The minimum atomic E-state index is -3.67. The van der Waals surface area contributed by atoms with Gasteiger partial charge in [0.05, 0.1) is 28.1 Å². The van der Waals surface area contributed by atoms with Gasteiger partial charge in [0.2, 0.25) is 15.9 Å². The summed E-state index contributed by atoms with van der Waals surface area (Å²) < 4.78 is 24.7. The molecule has 1 fully saturated rings. The average molecular weight is 393 g/mol. The highest BCUT2D eigenvalue weighted by atomic mass is 35.5. The van der Waals surface area contributed by atoms with E-state index < -0.39 is 15.9 Å². The highest BCUT2D eigenvalue weighted by Crippen LogP contribution is 2.29. The number of carbonyl (C=O) groups excluding carboxylic acids is 2. The van der Waals surface area contributed by atoms with Crippen molar-refractivity contribution in [1.82, 2.24) is 5.32 Å². The molecular formula is C18H17ClN2O4S. The van der Waals surface area contributed by atoms with Gasteiger partial charge in [-0.3, -0.25) is 9.59 Å². The zero-order valence-electron chi connectivity index (χ0n) is 14.0. The van der Waals surface area contributed by atoms with Gasteiger partial charge in [-0.05, 0) is 30.7 Å². The minimum absolute atomic E-state index is 0.0587. The van der Waals surface area contributed by atoms with Gasteiger partial charge in [0.15, 0.2) is 0 Å². The second-order valence-electron chi connectivity index (χ2n) is 5.99. The van der Waals surface area contributed by atoms with E-state index in [4.69, 9.17) is 11.6 Å². The number of sulfonamides is 1. The average Bonchev–Trinajstić information content (AvgIpc) is 2.88. The van der Waals surface area contributed by atoms with Crippen LogP contribution in [-0.4, -0.2) is 26.0 Å². The number of rotatable bonds is 4. The van der Waals surface area contributed by atoms with Crippen LogP contribution in [0.25, 0.3) is 0 Å². The molecule has 0 aromatic heterocycles. The number of nitrogens with one attached hydrogen (secondary N) is 1. The summed E-state index contributed by atoms with van der Waals surface area (Å²) in [4.78, 5) is 24.3. The van der Waals surface area contributed by atoms with E-state index in [1.807, 2.05) is 37.3 Å². The van der Waals surface area contributed by atoms with E-state index in [1.165, 1.54) is 18.2 Å². The molecule has 1 heterocycles. The standard InChI is InChI=1S/C18H17ClN2O4S/c1-12(13-5-3-2-4-6-13)20-18(23)15-8-7-14(11-16(15)19)21-17(22)9-10-26(21,24)25/h2-8,11-12H,9-10H2,1H3,(H,20,23). The van der Waals surface area contributed by atoms with Crippen molar-refractivity contribution >= 4 is 39.1 Å². The maximum atomic E-state index is 12.5. The number of amides is 2. The monoisotopic (exact) mass is 392 g/mol. The van der Waals surface area contributed by atoms with Crippen LogP contribution in [0.3, 0.4) is 0 Å². The van der Waals surface area contributed by atoms with Crippen LogP contribution < -0.4 is 9.62 Å². The van der Waals surface area contributed by atoms with Crippen molar-refractivity contribution in [3.05, 3.63) is 64.7 Å². The quantitative estimate of drug-likeness (QED) is 0.867. The molecule has 6 nitrogen and oxygen atoms in total. The normalized spacial score (nSPS) is 17.2. The van der Waals surface area contributed by atoms with Crippen LogP contribution in [0.4, 0.5) is 5.69 Å². The van der Waals surface area contributed by atoms with Gasteiger partial charge in [-0.25, -0.2) is 12.7 Å². The van der Waals surface area contributed by atoms with Crippen molar-refractivity contribution in [2.24, 2.45) is 0 Å². The Morgan fingerprint density at radius 2 is 1.88 bits per heavy atom. The molecule has 1 aliphatic heterocycles. The Balaban J connectivity index is 1.82. The van der Waals surface area contributed by atoms with Gasteiger partial charge in [0.25, 0.3) is 5.91 Å². The summed E-state index contributed by atoms with van der Waals surface area (Å²) in [7, 11) is -3.67.